The number of amides is 1. The van der Waals surface area contributed by atoms with Gasteiger partial charge in [0, 0.05) is 23.9 Å². The number of nitrogens with two attached hydrogens (primary N) is 1. The number of pyridine rings is 1. The molecule has 6 rings (SSSR count). The number of benzene rings is 2. The minimum Gasteiger partial charge on any atom is -0.389 e. The van der Waals surface area contributed by atoms with Crippen molar-refractivity contribution in [2.24, 2.45) is 0 Å². The van der Waals surface area contributed by atoms with Crippen molar-refractivity contribution in [1.29, 1.82) is 0 Å². The summed E-state index contributed by atoms with van der Waals surface area (Å²) in [6.45, 7) is 0.360. The summed E-state index contributed by atoms with van der Waals surface area (Å²) in [7, 11) is 0. The molecule has 36 heavy (non-hydrogen) atoms. The largest absolute Gasteiger partial charge is 0.389 e. The number of allylic oxidation sites excluding steroid dienone is 1. The van der Waals surface area contributed by atoms with E-state index in [1.54, 1.807) is 16.8 Å². The van der Waals surface area contributed by atoms with Crippen LogP contribution in [0.1, 0.15) is 28.5 Å². The van der Waals surface area contributed by atoms with Crippen molar-refractivity contribution in [1.82, 2.24) is 30.0 Å². The number of hydrogen-bond acceptors (Lipinski definition) is 7. The fourth-order valence-electron chi connectivity index (χ4n) is 4.52. The van der Waals surface area contributed by atoms with E-state index in [0.717, 1.165) is 22.0 Å². The van der Waals surface area contributed by atoms with Gasteiger partial charge in [-0.2, -0.15) is 5.10 Å². The minimum atomic E-state index is -0.504. The van der Waals surface area contributed by atoms with Crippen molar-refractivity contribution in [2.45, 2.75) is 25.1 Å². The molecule has 3 heterocycles. The molecule has 2 atom stereocenters. The number of rotatable bonds is 5. The fraction of sp³-hybridized carbons (Fsp3) is 0.148. The molecule has 9 heteroatoms. The first-order valence-electron chi connectivity index (χ1n) is 11.7. The van der Waals surface area contributed by atoms with E-state index in [0.29, 0.717) is 41.2 Å². The normalized spacial score (nSPS) is 17.1. The number of hydrogen-bond donors (Lipinski definition) is 3. The zero-order valence-corrected chi connectivity index (χ0v) is 19.2. The van der Waals surface area contributed by atoms with E-state index in [-0.39, 0.29) is 11.9 Å². The lowest BCUT2D eigenvalue weighted by Crippen LogP contribution is -2.23. The van der Waals surface area contributed by atoms with Gasteiger partial charge in [-0.1, -0.05) is 60.7 Å². The Balaban J connectivity index is 1.23. The lowest BCUT2D eigenvalue weighted by atomic mass is 10.1. The lowest BCUT2D eigenvalue weighted by Gasteiger charge is -2.10. The van der Waals surface area contributed by atoms with Crippen LogP contribution in [0.4, 0.5) is 5.82 Å². The molecule has 0 saturated carbocycles. The van der Waals surface area contributed by atoms with E-state index >= 15 is 0 Å². The molecular weight excluding hydrogens is 454 g/mol. The second kappa shape index (κ2) is 8.86. The molecule has 178 valence electrons. The van der Waals surface area contributed by atoms with Gasteiger partial charge in [0.15, 0.2) is 5.65 Å². The van der Waals surface area contributed by atoms with Crippen molar-refractivity contribution in [3.05, 3.63) is 90.4 Å². The Morgan fingerprint density at radius 1 is 1.06 bits per heavy atom. The second-order valence-corrected chi connectivity index (χ2v) is 8.77. The molecule has 0 spiro atoms. The molecule has 2 aromatic carbocycles. The summed E-state index contributed by atoms with van der Waals surface area (Å²) in [6.07, 6.45) is 5.14. The third-order valence-electron chi connectivity index (χ3n) is 6.38. The van der Waals surface area contributed by atoms with Gasteiger partial charge in [0.2, 0.25) is 0 Å². The second-order valence-electron chi connectivity index (χ2n) is 8.77. The van der Waals surface area contributed by atoms with E-state index in [1.807, 2.05) is 60.7 Å². The van der Waals surface area contributed by atoms with Gasteiger partial charge < -0.3 is 16.2 Å². The Morgan fingerprint density at radius 3 is 2.69 bits per heavy atom. The minimum absolute atomic E-state index is 0.108. The van der Waals surface area contributed by atoms with Crippen molar-refractivity contribution in [2.75, 3.05) is 5.73 Å². The van der Waals surface area contributed by atoms with Gasteiger partial charge in [0.05, 0.1) is 23.0 Å². The summed E-state index contributed by atoms with van der Waals surface area (Å²) in [5.41, 5.74) is 10.5. The first-order chi connectivity index (χ1) is 17.6. The Hall–Kier alpha value is -4.63. The standard InChI is InChI=1S/C27H23N7O2/c28-25-23-24(33-34(26(23)31-15-30-25)19-10-11-20(35)13-19)18-7-5-16(6-8-18)14-29-27(36)22-12-9-17-3-1-2-4-21(17)32-22/h1-12,15,19-20,35H,13-14H2,(H,29,36)(H2,28,30,31). The first-order valence-corrected chi connectivity index (χ1v) is 11.7. The molecule has 0 saturated heterocycles. The molecule has 5 aromatic rings. The molecule has 3 aromatic heterocycles. The van der Waals surface area contributed by atoms with E-state index in [4.69, 9.17) is 10.8 Å². The van der Waals surface area contributed by atoms with Gasteiger partial charge in [-0.05, 0) is 17.7 Å². The Morgan fingerprint density at radius 2 is 1.89 bits per heavy atom. The number of aliphatic hydroxyl groups is 1. The van der Waals surface area contributed by atoms with Crippen LogP contribution in [-0.2, 0) is 6.54 Å². The predicted octanol–water partition coefficient (Wildman–Crippen LogP) is 3.42. The average Bonchev–Trinajstić information content (AvgIpc) is 3.51. The third kappa shape index (κ3) is 3.95. The zero-order valence-electron chi connectivity index (χ0n) is 19.2. The van der Waals surface area contributed by atoms with Crippen LogP contribution in [0.5, 0.6) is 0 Å². The maximum atomic E-state index is 12.6. The maximum absolute atomic E-state index is 12.6. The molecular formula is C27H23N7O2. The molecule has 0 bridgehead atoms. The molecule has 0 radical (unpaired) electrons. The predicted molar refractivity (Wildman–Crippen MR) is 137 cm³/mol. The zero-order chi connectivity index (χ0) is 24.6. The summed E-state index contributed by atoms with van der Waals surface area (Å²) >= 11 is 0. The van der Waals surface area contributed by atoms with Crippen LogP contribution in [0.2, 0.25) is 0 Å². The molecule has 1 amide bonds. The molecule has 1 aliphatic rings. The average molecular weight is 478 g/mol. The van der Waals surface area contributed by atoms with Crippen molar-refractivity contribution >= 4 is 33.7 Å². The highest BCUT2D eigenvalue weighted by atomic mass is 16.3. The van der Waals surface area contributed by atoms with Crippen LogP contribution in [-0.4, -0.2) is 41.9 Å². The van der Waals surface area contributed by atoms with Crippen molar-refractivity contribution in [3.63, 3.8) is 0 Å². The summed E-state index contributed by atoms with van der Waals surface area (Å²) in [5.74, 6) is 0.120. The van der Waals surface area contributed by atoms with Crippen LogP contribution in [0.15, 0.2) is 79.1 Å². The fourth-order valence-corrected chi connectivity index (χ4v) is 4.52. The van der Waals surface area contributed by atoms with Crippen molar-refractivity contribution in [3.8, 4) is 11.3 Å². The summed E-state index contributed by atoms with van der Waals surface area (Å²) in [6, 6.07) is 19.0. The number of carbonyl (C=O) groups excluding carboxylic acids is 1. The highest BCUT2D eigenvalue weighted by molar-refractivity contribution is 5.98. The Kier molecular flexibility index (Phi) is 5.38. The van der Waals surface area contributed by atoms with E-state index in [2.05, 4.69) is 20.3 Å². The van der Waals surface area contributed by atoms with Crippen molar-refractivity contribution < 1.29 is 9.90 Å². The van der Waals surface area contributed by atoms with Crippen LogP contribution in [0.25, 0.3) is 33.2 Å². The number of anilines is 1. The number of nitrogen functional groups attached to an aromatic ring is 1. The highest BCUT2D eigenvalue weighted by Gasteiger charge is 2.25. The number of fused-ring (bicyclic) bond motifs is 2. The number of aliphatic hydroxyl groups excluding tert-OH is 1. The molecule has 2 unspecified atom stereocenters. The SMILES string of the molecule is Nc1ncnc2c1c(-c1ccc(CNC(=O)c3ccc4ccccc4n3)cc1)nn2C1C=CC(O)C1. The van der Waals surface area contributed by atoms with Gasteiger partial charge >= 0.3 is 0 Å². The molecule has 4 N–H and O–H groups in total. The summed E-state index contributed by atoms with van der Waals surface area (Å²) < 4.78 is 1.79. The third-order valence-corrected chi connectivity index (χ3v) is 6.38. The van der Waals surface area contributed by atoms with Gasteiger partial charge in [0.1, 0.15) is 23.5 Å². The number of nitrogens with zero attached hydrogens (tertiary/aromatic N) is 5. The van der Waals surface area contributed by atoms with Gasteiger partial charge in [-0.15, -0.1) is 0 Å². The number of para-hydroxylation sites is 1. The topological polar surface area (TPSA) is 132 Å². The number of aromatic nitrogens is 5. The monoisotopic (exact) mass is 477 g/mol. The maximum Gasteiger partial charge on any atom is 0.270 e. The first kappa shape index (κ1) is 21.9. The van der Waals surface area contributed by atoms with Gasteiger partial charge in [0.25, 0.3) is 5.91 Å². The summed E-state index contributed by atoms with van der Waals surface area (Å²) in [4.78, 5) is 25.7. The van der Waals surface area contributed by atoms with Crippen LogP contribution < -0.4 is 11.1 Å². The number of carbonyl (C=O) groups is 1. The quantitative estimate of drug-likeness (QED) is 0.331. The molecule has 9 nitrogen and oxygen atoms in total. The van der Waals surface area contributed by atoms with Crippen LogP contribution >= 0.6 is 0 Å². The lowest BCUT2D eigenvalue weighted by molar-refractivity contribution is 0.0946. The molecule has 0 fully saturated rings. The van der Waals surface area contributed by atoms with Crippen LogP contribution in [0.3, 0.4) is 0 Å². The highest BCUT2D eigenvalue weighted by Crippen LogP contribution is 2.34. The number of nitrogens with one attached hydrogen (secondary N) is 1. The van der Waals surface area contributed by atoms with Crippen LogP contribution in [0, 0.1) is 0 Å². The van der Waals surface area contributed by atoms with E-state index in [9.17, 15) is 9.90 Å². The summed E-state index contributed by atoms with van der Waals surface area (Å²) in [5, 5.41) is 19.3. The smallest absolute Gasteiger partial charge is 0.270 e. The Labute approximate surface area is 206 Å². The van der Waals surface area contributed by atoms with Gasteiger partial charge in [-0.3, -0.25) is 4.79 Å². The molecule has 0 aliphatic heterocycles. The van der Waals surface area contributed by atoms with Gasteiger partial charge in [-0.25, -0.2) is 19.6 Å². The van der Waals surface area contributed by atoms with E-state index in [1.165, 1.54) is 6.33 Å². The van der Waals surface area contributed by atoms with E-state index < -0.39 is 6.10 Å². The molecule has 1 aliphatic carbocycles. The Bertz CT molecular complexity index is 1630.